The summed E-state index contributed by atoms with van der Waals surface area (Å²) in [5.41, 5.74) is 10.7. The maximum Gasteiger partial charge on any atom is 0.416 e. The molecule has 1 saturated heterocycles. The Bertz CT molecular complexity index is 1180. The van der Waals surface area contributed by atoms with Crippen molar-refractivity contribution in [2.75, 3.05) is 15.4 Å². The maximum atomic E-state index is 12.9. The molecule has 5 rings (SSSR count). The first kappa shape index (κ1) is 21.6. The van der Waals surface area contributed by atoms with Gasteiger partial charge in [-0.05, 0) is 74.4 Å². The van der Waals surface area contributed by atoms with Crippen molar-refractivity contribution in [2.45, 2.75) is 56.6 Å². The van der Waals surface area contributed by atoms with E-state index in [1.807, 2.05) is 36.4 Å². The van der Waals surface area contributed by atoms with E-state index in [2.05, 4.69) is 30.7 Å². The minimum atomic E-state index is -0.326. The van der Waals surface area contributed by atoms with E-state index in [0.717, 1.165) is 53.0 Å². The molecule has 1 amide bonds. The minimum absolute atomic E-state index is 0.0152. The third-order valence-corrected chi connectivity index (χ3v) is 7.04. The summed E-state index contributed by atoms with van der Waals surface area (Å²) in [5, 5.41) is 0. The molecule has 1 aliphatic heterocycles. The third kappa shape index (κ3) is 4.35. The van der Waals surface area contributed by atoms with Crippen molar-refractivity contribution in [2.24, 2.45) is 0 Å². The fraction of sp³-hybridized carbons (Fsp3) is 0.320. The van der Waals surface area contributed by atoms with Crippen LogP contribution in [0.4, 0.5) is 22.2 Å². The lowest BCUT2D eigenvalue weighted by Gasteiger charge is -2.27. The van der Waals surface area contributed by atoms with Crippen molar-refractivity contribution >= 4 is 35.5 Å². The Labute approximate surface area is 197 Å². The van der Waals surface area contributed by atoms with Gasteiger partial charge in [0.2, 0.25) is 5.95 Å². The van der Waals surface area contributed by atoms with Crippen molar-refractivity contribution in [3.63, 3.8) is 0 Å². The molecule has 1 aliphatic carbocycles. The molecule has 0 spiro atoms. The van der Waals surface area contributed by atoms with Crippen LogP contribution in [-0.4, -0.2) is 28.2 Å². The summed E-state index contributed by atoms with van der Waals surface area (Å²) in [7, 11) is 0. The standard InChI is InChI=1S/C25H27N5O2S/c1-15-7-5-8-16(2)23(15)19-14-22(30-20-11-3-4-12-21(20)32-25(30)31)28-24(27-19)29-33-18-10-6-9-17(26)13-18/h5-10,13-14,20-21H,3-4,11-12,26H2,1-2H3,(H,27,28,29). The highest BCUT2D eigenvalue weighted by atomic mass is 32.2. The van der Waals surface area contributed by atoms with Crippen LogP contribution in [-0.2, 0) is 4.74 Å². The molecule has 33 heavy (non-hydrogen) atoms. The Morgan fingerprint density at radius 3 is 2.61 bits per heavy atom. The number of carbonyl (C=O) groups is 1. The Balaban J connectivity index is 1.55. The van der Waals surface area contributed by atoms with Crippen molar-refractivity contribution in [1.82, 2.24) is 9.97 Å². The highest BCUT2D eigenvalue weighted by Gasteiger charge is 2.44. The van der Waals surface area contributed by atoms with Gasteiger partial charge in [0.1, 0.15) is 11.9 Å². The van der Waals surface area contributed by atoms with Gasteiger partial charge in [0.15, 0.2) is 0 Å². The Morgan fingerprint density at radius 1 is 1.06 bits per heavy atom. The van der Waals surface area contributed by atoms with E-state index in [1.165, 1.54) is 11.9 Å². The summed E-state index contributed by atoms with van der Waals surface area (Å²) >= 11 is 1.39. The third-order valence-electron chi connectivity index (χ3n) is 6.26. The Kier molecular flexibility index (Phi) is 5.85. The van der Waals surface area contributed by atoms with Gasteiger partial charge in [0.25, 0.3) is 0 Å². The predicted octanol–water partition coefficient (Wildman–Crippen LogP) is 5.73. The van der Waals surface area contributed by atoms with Crippen LogP contribution in [0.25, 0.3) is 11.3 Å². The summed E-state index contributed by atoms with van der Waals surface area (Å²) in [6, 6.07) is 15.7. The van der Waals surface area contributed by atoms with Crippen LogP contribution >= 0.6 is 11.9 Å². The van der Waals surface area contributed by atoms with E-state index < -0.39 is 0 Å². The number of anilines is 3. The number of nitrogens with two attached hydrogens (primary N) is 1. The lowest BCUT2D eigenvalue weighted by atomic mass is 9.92. The van der Waals surface area contributed by atoms with Gasteiger partial charge in [0.05, 0.1) is 11.7 Å². The number of nitrogens with zero attached hydrogens (tertiary/aromatic N) is 3. The van der Waals surface area contributed by atoms with Gasteiger partial charge in [0, 0.05) is 22.2 Å². The Morgan fingerprint density at radius 2 is 1.82 bits per heavy atom. The first-order valence-electron chi connectivity index (χ1n) is 11.2. The van der Waals surface area contributed by atoms with E-state index in [1.54, 1.807) is 4.90 Å². The molecule has 2 atom stereocenters. The summed E-state index contributed by atoms with van der Waals surface area (Å²) in [6.45, 7) is 4.14. The van der Waals surface area contributed by atoms with Gasteiger partial charge in [-0.15, -0.1) is 0 Å². The molecule has 170 valence electrons. The van der Waals surface area contributed by atoms with Crippen LogP contribution in [0.2, 0.25) is 0 Å². The highest BCUT2D eigenvalue weighted by Crippen LogP contribution is 2.37. The molecular formula is C25H27N5O2S. The van der Waals surface area contributed by atoms with E-state index in [-0.39, 0.29) is 18.2 Å². The molecule has 8 heteroatoms. The largest absolute Gasteiger partial charge is 0.444 e. The quantitative estimate of drug-likeness (QED) is 0.370. The fourth-order valence-corrected chi connectivity index (χ4v) is 5.37. The lowest BCUT2D eigenvalue weighted by molar-refractivity contribution is 0.113. The summed E-state index contributed by atoms with van der Waals surface area (Å²) in [5.74, 6) is 1.00. The van der Waals surface area contributed by atoms with Gasteiger partial charge in [-0.3, -0.25) is 9.62 Å². The molecule has 2 aliphatic rings. The number of nitrogen functional groups attached to an aromatic ring is 1. The number of carbonyl (C=O) groups excluding carboxylic acids is 1. The number of aryl methyl sites for hydroxylation is 2. The first-order valence-corrected chi connectivity index (χ1v) is 12.0. The van der Waals surface area contributed by atoms with Crippen LogP contribution in [0.15, 0.2) is 53.4 Å². The number of fused-ring (bicyclic) bond motifs is 1. The highest BCUT2D eigenvalue weighted by molar-refractivity contribution is 8.00. The van der Waals surface area contributed by atoms with Crippen LogP contribution in [0.3, 0.4) is 0 Å². The van der Waals surface area contributed by atoms with Crippen molar-refractivity contribution in [3.8, 4) is 11.3 Å². The summed E-state index contributed by atoms with van der Waals surface area (Å²) in [6.07, 6.45) is 3.59. The molecule has 2 unspecified atom stereocenters. The van der Waals surface area contributed by atoms with Gasteiger partial charge in [-0.1, -0.05) is 30.7 Å². The molecule has 2 aromatic carbocycles. The molecule has 1 aromatic heterocycles. The second-order valence-corrected chi connectivity index (χ2v) is 9.50. The zero-order valence-corrected chi connectivity index (χ0v) is 19.6. The summed E-state index contributed by atoms with van der Waals surface area (Å²) in [4.78, 5) is 25.1. The number of amides is 1. The molecule has 2 heterocycles. The van der Waals surface area contributed by atoms with Crippen LogP contribution in [0, 0.1) is 13.8 Å². The number of hydrogen-bond acceptors (Lipinski definition) is 7. The lowest BCUT2D eigenvalue weighted by Crippen LogP contribution is -2.39. The number of ether oxygens (including phenoxy) is 1. The smallest absolute Gasteiger partial charge is 0.416 e. The van der Waals surface area contributed by atoms with Gasteiger partial charge in [-0.25, -0.2) is 9.78 Å². The molecule has 0 radical (unpaired) electrons. The molecule has 3 N–H and O–H groups in total. The molecule has 2 fully saturated rings. The van der Waals surface area contributed by atoms with Crippen LogP contribution < -0.4 is 15.4 Å². The maximum absolute atomic E-state index is 12.9. The minimum Gasteiger partial charge on any atom is -0.444 e. The predicted molar refractivity (Wildman–Crippen MR) is 132 cm³/mol. The monoisotopic (exact) mass is 461 g/mol. The Hall–Kier alpha value is -3.26. The molecule has 3 aromatic rings. The first-order chi connectivity index (χ1) is 16.0. The SMILES string of the molecule is Cc1cccc(C)c1-c1cc(N2C(=O)OC3CCCCC32)nc(NSc2cccc(N)c2)n1. The fourth-order valence-electron chi connectivity index (χ4n) is 4.73. The average molecular weight is 462 g/mol. The zero-order valence-electron chi connectivity index (χ0n) is 18.7. The number of hydrogen-bond donors (Lipinski definition) is 2. The second kappa shape index (κ2) is 8.94. The number of nitrogens with one attached hydrogen (secondary N) is 1. The van der Waals surface area contributed by atoms with Gasteiger partial charge < -0.3 is 10.5 Å². The van der Waals surface area contributed by atoms with E-state index in [4.69, 9.17) is 20.4 Å². The van der Waals surface area contributed by atoms with Crippen molar-refractivity contribution in [1.29, 1.82) is 0 Å². The molecule has 1 saturated carbocycles. The second-order valence-electron chi connectivity index (χ2n) is 8.62. The van der Waals surface area contributed by atoms with Gasteiger partial charge >= 0.3 is 6.09 Å². The zero-order chi connectivity index (χ0) is 22.9. The number of aromatic nitrogens is 2. The summed E-state index contributed by atoms with van der Waals surface area (Å²) < 4.78 is 8.94. The molecule has 7 nitrogen and oxygen atoms in total. The van der Waals surface area contributed by atoms with E-state index >= 15 is 0 Å². The topological polar surface area (TPSA) is 93.4 Å². The van der Waals surface area contributed by atoms with E-state index in [0.29, 0.717) is 17.5 Å². The normalized spacial score (nSPS) is 19.8. The van der Waals surface area contributed by atoms with Crippen molar-refractivity contribution < 1.29 is 9.53 Å². The van der Waals surface area contributed by atoms with Crippen molar-refractivity contribution in [3.05, 3.63) is 59.7 Å². The molecular weight excluding hydrogens is 434 g/mol. The van der Waals surface area contributed by atoms with Crippen LogP contribution in [0.5, 0.6) is 0 Å². The average Bonchev–Trinajstić information content (AvgIpc) is 3.13. The number of benzene rings is 2. The van der Waals surface area contributed by atoms with E-state index in [9.17, 15) is 4.79 Å². The molecule has 0 bridgehead atoms. The van der Waals surface area contributed by atoms with Gasteiger partial charge in [-0.2, -0.15) is 4.98 Å². The number of rotatable bonds is 5. The van der Waals surface area contributed by atoms with Crippen LogP contribution in [0.1, 0.15) is 36.8 Å².